The molecule has 3 heterocycles. The number of nitrogens with one attached hydrogen (secondary N) is 2. The number of hydrogen-bond donors (Lipinski definition) is 3. The molecule has 1 fully saturated rings. The van der Waals surface area contributed by atoms with Gasteiger partial charge >= 0.3 is 0 Å². The van der Waals surface area contributed by atoms with E-state index in [0.29, 0.717) is 57.1 Å². The van der Waals surface area contributed by atoms with E-state index in [-0.39, 0.29) is 55.1 Å². The van der Waals surface area contributed by atoms with E-state index in [4.69, 9.17) is 4.74 Å². The van der Waals surface area contributed by atoms with Crippen molar-refractivity contribution in [3.05, 3.63) is 53.1 Å². The number of nitrogens with zero attached hydrogens (tertiary/aromatic N) is 3. The minimum absolute atomic E-state index is 0. The van der Waals surface area contributed by atoms with Gasteiger partial charge in [-0.2, -0.15) is 4.98 Å². The average molecular weight is 540 g/mol. The monoisotopic (exact) mass is 539 g/mol. The molecule has 2 aromatic rings. The van der Waals surface area contributed by atoms with Crippen molar-refractivity contribution in [3.63, 3.8) is 0 Å². The van der Waals surface area contributed by atoms with E-state index < -0.39 is 6.10 Å². The van der Waals surface area contributed by atoms with Gasteiger partial charge in [-0.1, -0.05) is 24.3 Å². The van der Waals surface area contributed by atoms with Crippen LogP contribution in [0.15, 0.2) is 36.4 Å². The lowest BCUT2D eigenvalue weighted by molar-refractivity contribution is -0.129. The third-order valence-electron chi connectivity index (χ3n) is 6.47. The van der Waals surface area contributed by atoms with Gasteiger partial charge < -0.3 is 30.3 Å². The van der Waals surface area contributed by atoms with Crippen LogP contribution < -0.4 is 20.3 Å². The lowest BCUT2D eigenvalue weighted by atomic mass is 9.93. The van der Waals surface area contributed by atoms with Crippen molar-refractivity contribution >= 4 is 42.4 Å². The van der Waals surface area contributed by atoms with Gasteiger partial charge in [0.1, 0.15) is 11.4 Å². The number of carbonyl (C=O) groups is 2. The summed E-state index contributed by atoms with van der Waals surface area (Å²) in [6, 6.07) is 11.6. The van der Waals surface area contributed by atoms with E-state index in [1.807, 2.05) is 24.0 Å². The van der Waals surface area contributed by atoms with Gasteiger partial charge in [-0.05, 0) is 36.6 Å². The number of amides is 2. The Hall–Kier alpha value is -2.59. The van der Waals surface area contributed by atoms with Crippen LogP contribution in [0.1, 0.15) is 35.3 Å². The highest BCUT2D eigenvalue weighted by atomic mass is 35.5. The third-order valence-corrected chi connectivity index (χ3v) is 6.47. The lowest BCUT2D eigenvalue weighted by Gasteiger charge is -2.35. The highest BCUT2D eigenvalue weighted by molar-refractivity contribution is 5.96. The molecule has 36 heavy (non-hydrogen) atoms. The van der Waals surface area contributed by atoms with Crippen LogP contribution in [-0.2, 0) is 17.8 Å². The standard InChI is InChI=1S/C25H33N5O4.2ClH/c1-3-34-25-20(8-9-23(28-25)30-12-10-29(11-13-30)17(2)31)24(33)27-16-22(32)21-14-18-6-4-5-7-19(18)15-26-21;;/h4-9,21-22,26,32H,3,10-16H2,1-2H3,(H,27,33);2*1H. The molecule has 0 bridgehead atoms. The number of benzene rings is 1. The van der Waals surface area contributed by atoms with Crippen molar-refractivity contribution in [1.82, 2.24) is 20.5 Å². The minimum Gasteiger partial charge on any atom is -0.477 e. The Morgan fingerprint density at radius 3 is 2.50 bits per heavy atom. The molecule has 1 saturated heterocycles. The van der Waals surface area contributed by atoms with Crippen molar-refractivity contribution in [3.8, 4) is 5.88 Å². The summed E-state index contributed by atoms with van der Waals surface area (Å²) in [6.45, 7) is 7.25. The number of anilines is 1. The molecule has 1 aromatic carbocycles. The number of rotatable bonds is 7. The molecule has 1 aromatic heterocycles. The fourth-order valence-electron chi connectivity index (χ4n) is 4.46. The van der Waals surface area contributed by atoms with Crippen molar-refractivity contribution in [2.45, 2.75) is 39.0 Å². The van der Waals surface area contributed by atoms with Gasteiger partial charge in [0.25, 0.3) is 5.91 Å². The molecule has 2 aliphatic rings. The Morgan fingerprint density at radius 2 is 1.83 bits per heavy atom. The second-order valence-electron chi connectivity index (χ2n) is 8.69. The number of fused-ring (bicyclic) bond motifs is 1. The smallest absolute Gasteiger partial charge is 0.256 e. The summed E-state index contributed by atoms with van der Waals surface area (Å²) in [5.41, 5.74) is 2.80. The fourth-order valence-corrected chi connectivity index (χ4v) is 4.46. The summed E-state index contributed by atoms with van der Waals surface area (Å²) in [5.74, 6) is 0.725. The van der Waals surface area contributed by atoms with Crippen LogP contribution in [0, 0.1) is 0 Å². The summed E-state index contributed by atoms with van der Waals surface area (Å²) >= 11 is 0. The van der Waals surface area contributed by atoms with Crippen molar-refractivity contribution in [2.75, 3.05) is 44.2 Å². The minimum atomic E-state index is -0.724. The zero-order valence-electron chi connectivity index (χ0n) is 20.6. The van der Waals surface area contributed by atoms with Crippen LogP contribution in [0.5, 0.6) is 5.88 Å². The highest BCUT2D eigenvalue weighted by Crippen LogP contribution is 2.23. The quantitative estimate of drug-likeness (QED) is 0.492. The van der Waals surface area contributed by atoms with Crippen LogP contribution in [-0.4, -0.2) is 78.3 Å². The number of aliphatic hydroxyl groups is 1. The largest absolute Gasteiger partial charge is 0.477 e. The van der Waals surface area contributed by atoms with Crippen LogP contribution in [0.2, 0.25) is 0 Å². The molecule has 2 aliphatic heterocycles. The first-order valence-electron chi connectivity index (χ1n) is 11.9. The van der Waals surface area contributed by atoms with Gasteiger partial charge in [0.15, 0.2) is 0 Å². The molecule has 4 rings (SSSR count). The number of piperazine rings is 1. The highest BCUT2D eigenvalue weighted by Gasteiger charge is 2.26. The summed E-state index contributed by atoms with van der Waals surface area (Å²) in [6.07, 6.45) is -0.0115. The Kier molecular flexibility index (Phi) is 11.2. The molecule has 0 aliphatic carbocycles. The molecule has 11 heteroatoms. The van der Waals surface area contributed by atoms with Gasteiger partial charge in [0.05, 0.1) is 12.7 Å². The van der Waals surface area contributed by atoms with E-state index in [9.17, 15) is 14.7 Å². The van der Waals surface area contributed by atoms with Crippen LogP contribution in [0.4, 0.5) is 5.82 Å². The number of pyridine rings is 1. The number of hydrogen-bond acceptors (Lipinski definition) is 7. The number of ether oxygens (including phenoxy) is 1. The zero-order chi connectivity index (χ0) is 24.1. The van der Waals surface area contributed by atoms with Gasteiger partial charge in [-0.3, -0.25) is 9.59 Å². The van der Waals surface area contributed by atoms with Gasteiger partial charge in [-0.25, -0.2) is 0 Å². The van der Waals surface area contributed by atoms with Crippen LogP contribution in [0.3, 0.4) is 0 Å². The summed E-state index contributed by atoms with van der Waals surface area (Å²) in [5, 5.41) is 16.9. The Bertz CT molecular complexity index is 1030. The van der Waals surface area contributed by atoms with E-state index in [1.54, 1.807) is 19.1 Å². The second-order valence-corrected chi connectivity index (χ2v) is 8.69. The number of aliphatic hydroxyl groups excluding tert-OH is 1. The lowest BCUT2D eigenvalue weighted by Crippen LogP contribution is -2.49. The molecule has 0 radical (unpaired) electrons. The number of aromatic nitrogens is 1. The van der Waals surface area contributed by atoms with Crippen molar-refractivity contribution < 1.29 is 19.4 Å². The summed E-state index contributed by atoms with van der Waals surface area (Å²) in [4.78, 5) is 33.0. The molecule has 198 valence electrons. The molecule has 3 N–H and O–H groups in total. The maximum atomic E-state index is 12.9. The maximum Gasteiger partial charge on any atom is 0.256 e. The van der Waals surface area contributed by atoms with E-state index >= 15 is 0 Å². The normalized spacial score (nSPS) is 17.7. The molecule has 2 atom stereocenters. The van der Waals surface area contributed by atoms with Crippen LogP contribution >= 0.6 is 24.8 Å². The second kappa shape index (κ2) is 13.6. The molecule has 9 nitrogen and oxygen atoms in total. The summed E-state index contributed by atoms with van der Waals surface area (Å²) < 4.78 is 5.67. The fraction of sp³-hybridized carbons (Fsp3) is 0.480. The topological polar surface area (TPSA) is 107 Å². The first-order chi connectivity index (χ1) is 16.5. The molecule has 0 spiro atoms. The first-order valence-corrected chi connectivity index (χ1v) is 11.9. The number of halogens is 2. The maximum absolute atomic E-state index is 12.9. The zero-order valence-corrected chi connectivity index (χ0v) is 22.2. The van der Waals surface area contributed by atoms with Gasteiger partial charge in [-0.15, -0.1) is 24.8 Å². The predicted molar refractivity (Wildman–Crippen MR) is 143 cm³/mol. The van der Waals surface area contributed by atoms with Crippen molar-refractivity contribution in [1.29, 1.82) is 0 Å². The molecular formula is C25H35Cl2N5O4. The van der Waals surface area contributed by atoms with E-state index in [2.05, 4.69) is 32.7 Å². The number of carbonyl (C=O) groups excluding carboxylic acids is 2. The van der Waals surface area contributed by atoms with Crippen LogP contribution in [0.25, 0.3) is 0 Å². The van der Waals surface area contributed by atoms with E-state index in [1.165, 1.54) is 11.1 Å². The third kappa shape index (κ3) is 7.00. The van der Waals surface area contributed by atoms with E-state index in [0.717, 1.165) is 0 Å². The molecule has 2 unspecified atom stereocenters. The van der Waals surface area contributed by atoms with Crippen molar-refractivity contribution in [2.24, 2.45) is 0 Å². The van der Waals surface area contributed by atoms with Gasteiger partial charge in [0, 0.05) is 52.2 Å². The Labute approximate surface area is 224 Å². The SMILES string of the molecule is CCOc1nc(N2CCN(C(C)=O)CC2)ccc1C(=O)NCC(O)C1Cc2ccccc2CN1.Cl.Cl. The average Bonchev–Trinajstić information content (AvgIpc) is 2.87. The molecule has 0 saturated carbocycles. The molecular weight excluding hydrogens is 505 g/mol. The summed E-state index contributed by atoms with van der Waals surface area (Å²) in [7, 11) is 0. The first kappa shape index (κ1) is 29.6. The van der Waals surface area contributed by atoms with Gasteiger partial charge in [0.2, 0.25) is 11.8 Å². The molecule has 2 amide bonds. The predicted octanol–water partition coefficient (Wildman–Crippen LogP) is 1.80. The Balaban J connectivity index is 0.00000228. The Morgan fingerprint density at radius 1 is 1.14 bits per heavy atom.